The Balaban J connectivity index is 1.35. The summed E-state index contributed by atoms with van der Waals surface area (Å²) < 4.78 is 0. The number of hydrogen-bond acceptors (Lipinski definition) is 4. The number of aromatic amines is 1. The van der Waals surface area contributed by atoms with E-state index in [2.05, 4.69) is 26.6 Å². The third-order valence-electron chi connectivity index (χ3n) is 5.27. The third-order valence-corrected chi connectivity index (χ3v) is 6.39. The van der Waals surface area contributed by atoms with Crippen LogP contribution in [0.15, 0.2) is 29.4 Å². The molecule has 1 aromatic carbocycles. The minimum absolute atomic E-state index is 0.0484. The van der Waals surface area contributed by atoms with Crippen LogP contribution in [0, 0.1) is 5.92 Å². The molecular formula is C19H24N4OS. The summed E-state index contributed by atoms with van der Waals surface area (Å²) in [5.41, 5.74) is 2.13. The van der Waals surface area contributed by atoms with Crippen LogP contribution in [0.25, 0.3) is 0 Å². The van der Waals surface area contributed by atoms with Crippen molar-refractivity contribution in [1.29, 1.82) is 0 Å². The maximum absolute atomic E-state index is 12.5. The topological polar surface area (TPSA) is 70.7 Å². The second kappa shape index (κ2) is 7.60. The number of nitrogens with zero attached hydrogens (tertiary/aromatic N) is 2. The molecule has 1 atom stereocenters. The van der Waals surface area contributed by atoms with E-state index in [9.17, 15) is 4.79 Å². The molecule has 2 aliphatic rings. The van der Waals surface area contributed by atoms with Gasteiger partial charge in [0.15, 0.2) is 0 Å². The fourth-order valence-corrected chi connectivity index (χ4v) is 4.73. The van der Waals surface area contributed by atoms with Crippen molar-refractivity contribution in [2.24, 2.45) is 5.92 Å². The molecule has 0 saturated heterocycles. The van der Waals surface area contributed by atoms with E-state index in [-0.39, 0.29) is 11.2 Å². The smallest absolute Gasteiger partial charge is 0.237 e. The quantitative estimate of drug-likeness (QED) is 0.850. The van der Waals surface area contributed by atoms with Crippen molar-refractivity contribution in [2.75, 3.05) is 5.32 Å². The number of anilines is 1. The lowest BCUT2D eigenvalue weighted by Crippen LogP contribution is -2.23. The van der Waals surface area contributed by atoms with Crippen molar-refractivity contribution >= 4 is 23.4 Å². The van der Waals surface area contributed by atoms with Gasteiger partial charge >= 0.3 is 0 Å². The normalized spacial score (nSPS) is 21.0. The highest BCUT2D eigenvalue weighted by Gasteiger charge is 2.26. The average Bonchev–Trinajstić information content (AvgIpc) is 3.26. The largest absolute Gasteiger partial charge is 0.325 e. The SMILES string of the molecule is O=C1Nc2ccccc2CCC1Sc1n[nH]c(CCC2CCCC2)n1. The van der Waals surface area contributed by atoms with Crippen LogP contribution < -0.4 is 5.32 Å². The number of para-hydroxylation sites is 1. The molecule has 1 amide bonds. The minimum atomic E-state index is -0.147. The maximum Gasteiger partial charge on any atom is 0.237 e. The summed E-state index contributed by atoms with van der Waals surface area (Å²) in [5, 5.41) is 10.9. The van der Waals surface area contributed by atoms with Crippen LogP contribution in [-0.2, 0) is 17.6 Å². The molecular weight excluding hydrogens is 332 g/mol. The average molecular weight is 356 g/mol. The predicted octanol–water partition coefficient (Wildman–Crippen LogP) is 3.97. The zero-order chi connectivity index (χ0) is 17.1. The van der Waals surface area contributed by atoms with Gasteiger partial charge in [0.1, 0.15) is 5.82 Å². The number of aryl methyl sites for hydroxylation is 2. The molecule has 0 radical (unpaired) electrons. The summed E-state index contributed by atoms with van der Waals surface area (Å²) in [4.78, 5) is 17.1. The molecule has 4 rings (SSSR count). The standard InChI is InChI=1S/C19H24N4OS/c24-18-16(11-10-14-7-3-4-8-15(14)20-18)25-19-21-17(22-23-19)12-9-13-5-1-2-6-13/h3-4,7-8,13,16H,1-2,5-6,9-12H2,(H,20,24)(H,21,22,23). The van der Waals surface area contributed by atoms with E-state index in [1.807, 2.05) is 18.2 Å². The van der Waals surface area contributed by atoms with E-state index < -0.39 is 0 Å². The molecule has 1 saturated carbocycles. The second-order valence-corrected chi connectivity index (χ2v) is 8.22. The summed E-state index contributed by atoms with van der Waals surface area (Å²) in [6.45, 7) is 0. The molecule has 2 heterocycles. The van der Waals surface area contributed by atoms with Gasteiger partial charge in [-0.1, -0.05) is 55.6 Å². The first kappa shape index (κ1) is 16.6. The number of carbonyl (C=O) groups excluding carboxylic acids is 1. The fourth-order valence-electron chi connectivity index (χ4n) is 3.81. The summed E-state index contributed by atoms with van der Waals surface area (Å²) in [5.74, 6) is 1.85. The second-order valence-electron chi connectivity index (χ2n) is 7.05. The number of nitrogens with one attached hydrogen (secondary N) is 2. The van der Waals surface area contributed by atoms with Crippen LogP contribution in [0.1, 0.15) is 49.9 Å². The van der Waals surface area contributed by atoms with E-state index in [1.165, 1.54) is 49.4 Å². The molecule has 1 aliphatic carbocycles. The molecule has 2 N–H and O–H groups in total. The Morgan fingerprint density at radius 2 is 2.00 bits per heavy atom. The van der Waals surface area contributed by atoms with Gasteiger partial charge in [0.2, 0.25) is 11.1 Å². The van der Waals surface area contributed by atoms with E-state index in [0.29, 0.717) is 5.16 Å². The zero-order valence-electron chi connectivity index (χ0n) is 14.3. The van der Waals surface area contributed by atoms with Gasteiger partial charge in [-0.05, 0) is 36.8 Å². The molecule has 1 unspecified atom stereocenters. The van der Waals surface area contributed by atoms with Gasteiger partial charge in [0, 0.05) is 12.1 Å². The molecule has 0 spiro atoms. The lowest BCUT2D eigenvalue weighted by molar-refractivity contribution is -0.115. The van der Waals surface area contributed by atoms with Gasteiger partial charge in [-0.25, -0.2) is 4.98 Å². The Bertz CT molecular complexity index is 739. The van der Waals surface area contributed by atoms with Crippen molar-refractivity contribution in [3.8, 4) is 0 Å². The highest BCUT2D eigenvalue weighted by molar-refractivity contribution is 8.00. The molecule has 25 heavy (non-hydrogen) atoms. The number of rotatable bonds is 5. The van der Waals surface area contributed by atoms with Crippen LogP contribution in [0.4, 0.5) is 5.69 Å². The number of hydrogen-bond donors (Lipinski definition) is 2. The number of H-pyrrole nitrogens is 1. The molecule has 1 fully saturated rings. The number of amides is 1. The van der Waals surface area contributed by atoms with Crippen molar-refractivity contribution in [3.05, 3.63) is 35.7 Å². The summed E-state index contributed by atoms with van der Waals surface area (Å²) in [6.07, 6.45) is 9.32. The molecule has 0 bridgehead atoms. The van der Waals surface area contributed by atoms with Gasteiger partial charge in [-0.2, -0.15) is 0 Å². The lowest BCUT2D eigenvalue weighted by Gasteiger charge is -2.10. The van der Waals surface area contributed by atoms with Gasteiger partial charge < -0.3 is 5.32 Å². The molecule has 5 nitrogen and oxygen atoms in total. The summed E-state index contributed by atoms with van der Waals surface area (Å²) in [7, 11) is 0. The molecule has 6 heteroatoms. The van der Waals surface area contributed by atoms with E-state index in [1.54, 1.807) is 0 Å². The van der Waals surface area contributed by atoms with Crippen molar-refractivity contribution < 1.29 is 4.79 Å². The van der Waals surface area contributed by atoms with Crippen molar-refractivity contribution in [3.63, 3.8) is 0 Å². The van der Waals surface area contributed by atoms with Gasteiger partial charge in [0.05, 0.1) is 5.25 Å². The third kappa shape index (κ3) is 4.06. The highest BCUT2D eigenvalue weighted by atomic mass is 32.2. The predicted molar refractivity (Wildman–Crippen MR) is 99.7 cm³/mol. The lowest BCUT2D eigenvalue weighted by atomic mass is 10.0. The van der Waals surface area contributed by atoms with Crippen LogP contribution in [0.5, 0.6) is 0 Å². The molecule has 132 valence electrons. The van der Waals surface area contributed by atoms with Crippen molar-refractivity contribution in [1.82, 2.24) is 15.2 Å². The Kier molecular flexibility index (Phi) is 5.06. The first-order valence-electron chi connectivity index (χ1n) is 9.24. The Labute approximate surface area is 152 Å². The van der Waals surface area contributed by atoms with Crippen LogP contribution in [-0.4, -0.2) is 26.3 Å². The number of fused-ring (bicyclic) bond motifs is 1. The minimum Gasteiger partial charge on any atom is -0.325 e. The highest BCUT2D eigenvalue weighted by Crippen LogP contribution is 2.31. The van der Waals surface area contributed by atoms with Gasteiger partial charge in [-0.3, -0.25) is 9.89 Å². The zero-order valence-corrected chi connectivity index (χ0v) is 15.1. The Morgan fingerprint density at radius 3 is 2.88 bits per heavy atom. The number of carbonyl (C=O) groups is 1. The Morgan fingerprint density at radius 1 is 1.16 bits per heavy atom. The number of aromatic nitrogens is 3. The molecule has 1 aliphatic heterocycles. The number of benzene rings is 1. The van der Waals surface area contributed by atoms with Gasteiger partial charge in [0.25, 0.3) is 0 Å². The van der Waals surface area contributed by atoms with Crippen LogP contribution in [0.2, 0.25) is 0 Å². The van der Waals surface area contributed by atoms with Gasteiger partial charge in [-0.15, -0.1) is 5.10 Å². The number of thioether (sulfide) groups is 1. The molecule has 2 aromatic rings. The summed E-state index contributed by atoms with van der Waals surface area (Å²) in [6, 6.07) is 8.02. The van der Waals surface area contributed by atoms with E-state index in [0.717, 1.165) is 36.7 Å². The maximum atomic E-state index is 12.5. The first-order valence-corrected chi connectivity index (χ1v) is 10.1. The van der Waals surface area contributed by atoms with E-state index >= 15 is 0 Å². The molecule has 1 aromatic heterocycles. The Hall–Kier alpha value is -1.82. The fraction of sp³-hybridized carbons (Fsp3) is 0.526. The van der Waals surface area contributed by atoms with Crippen LogP contribution in [0.3, 0.4) is 0 Å². The summed E-state index contributed by atoms with van der Waals surface area (Å²) >= 11 is 1.47. The van der Waals surface area contributed by atoms with Crippen molar-refractivity contribution in [2.45, 2.75) is 61.8 Å². The van der Waals surface area contributed by atoms with Crippen LogP contribution >= 0.6 is 11.8 Å². The first-order chi connectivity index (χ1) is 12.3. The monoisotopic (exact) mass is 356 g/mol. The van der Waals surface area contributed by atoms with E-state index in [4.69, 9.17) is 0 Å².